The van der Waals surface area contributed by atoms with E-state index in [-0.39, 0.29) is 4.36 Å². The van der Waals surface area contributed by atoms with Gasteiger partial charge in [0, 0.05) is 0 Å². The Morgan fingerprint density at radius 2 is 1.62 bits per heavy atom. The van der Waals surface area contributed by atoms with Crippen LogP contribution in [-0.4, -0.2) is 18.4 Å². The van der Waals surface area contributed by atoms with Gasteiger partial charge in [-0.05, 0) is 5.10 Å². The van der Waals surface area contributed by atoms with Crippen molar-refractivity contribution >= 4 is 49.9 Å². The molecule has 0 heterocycles. The molecule has 0 rings (SSSR count). The van der Waals surface area contributed by atoms with E-state index < -0.39 is 8.07 Å². The minimum atomic E-state index is -1.51. The van der Waals surface area contributed by atoms with Crippen LogP contribution in [0.4, 0.5) is 0 Å². The molecule has 0 saturated heterocycles. The Bertz CT molecular complexity index is 202. The monoisotopic (exact) mass is 324 g/mol. The van der Waals surface area contributed by atoms with Gasteiger partial charge in [-0.2, -0.15) is 0 Å². The maximum absolute atomic E-state index is 10.9. The molecule has 74 valence electrons. The zero-order valence-electron chi connectivity index (χ0n) is 8.36. The molecule has 0 saturated carbocycles. The fourth-order valence-corrected chi connectivity index (χ4v) is 8.13. The van der Waals surface area contributed by atoms with E-state index in [2.05, 4.69) is 58.2 Å². The Hall–Kier alpha value is 0.692. The van der Waals surface area contributed by atoms with Crippen LogP contribution in [0.5, 0.6) is 0 Å². The summed E-state index contributed by atoms with van der Waals surface area (Å²) < 4.78 is 0.0176. The molecule has 0 amide bonds. The van der Waals surface area contributed by atoms with Crippen LogP contribution in [-0.2, 0) is 4.79 Å². The summed E-state index contributed by atoms with van der Waals surface area (Å²) >= 11 is 6.82. The minimum absolute atomic E-state index is 0.0176. The van der Waals surface area contributed by atoms with Crippen molar-refractivity contribution in [3.8, 4) is 0 Å². The predicted molar refractivity (Wildman–Crippen MR) is 70.0 cm³/mol. The quantitative estimate of drug-likeness (QED) is 0.557. The van der Waals surface area contributed by atoms with Crippen molar-refractivity contribution in [3.05, 3.63) is 5.10 Å². The van der Waals surface area contributed by atoms with Crippen molar-refractivity contribution in [2.75, 3.05) is 0 Å². The highest BCUT2D eigenvalue weighted by Crippen LogP contribution is 2.31. The zero-order chi connectivity index (χ0) is 10.5. The average Bonchev–Trinajstić information content (AvgIpc) is 2.13. The van der Waals surface area contributed by atoms with Gasteiger partial charge in [0.25, 0.3) is 0 Å². The van der Waals surface area contributed by atoms with Crippen LogP contribution in [0.15, 0.2) is 5.10 Å². The maximum atomic E-state index is 10.9. The smallest absolute Gasteiger partial charge is 0.235 e. The average molecular weight is 326 g/mol. The molecule has 0 aliphatic heterocycles. The van der Waals surface area contributed by atoms with E-state index in [0.717, 1.165) is 23.2 Å². The van der Waals surface area contributed by atoms with E-state index >= 15 is 0 Å². The van der Waals surface area contributed by atoms with E-state index in [9.17, 15) is 4.79 Å². The second kappa shape index (κ2) is 6.23. The van der Waals surface area contributed by atoms with Gasteiger partial charge >= 0.3 is 4.36 Å². The number of hydrogen-bond donors (Lipinski definition) is 0. The molecule has 0 aromatic rings. The van der Waals surface area contributed by atoms with Crippen molar-refractivity contribution in [2.45, 2.75) is 38.9 Å². The normalized spacial score (nSPS) is 10.8. The molecule has 1 nitrogen and oxygen atoms in total. The van der Waals surface area contributed by atoms with E-state index in [1.165, 1.54) is 0 Å². The van der Waals surface area contributed by atoms with Crippen LogP contribution in [0.3, 0.4) is 0 Å². The maximum Gasteiger partial charge on any atom is 0.332 e. The number of rotatable bonds is 5. The third-order valence-corrected chi connectivity index (χ3v) is 10.3. The summed E-state index contributed by atoms with van der Waals surface area (Å²) in [5, 5.41) is 0.944. The van der Waals surface area contributed by atoms with Gasteiger partial charge in [0.05, 0.1) is 8.07 Å². The topological polar surface area (TPSA) is 17.1 Å². The highest BCUT2D eigenvalue weighted by molar-refractivity contribution is 9.49. The number of hydrogen-bond acceptors (Lipinski definition) is 1. The lowest BCUT2D eigenvalue weighted by Crippen LogP contribution is -2.38. The van der Waals surface area contributed by atoms with Crippen molar-refractivity contribution in [3.63, 3.8) is 0 Å². The van der Waals surface area contributed by atoms with E-state index in [0.29, 0.717) is 0 Å². The molecule has 13 heavy (non-hydrogen) atoms. The minimum Gasteiger partial charge on any atom is -0.235 e. The van der Waals surface area contributed by atoms with Crippen LogP contribution >= 0.6 is 31.5 Å². The fraction of sp³-hybridized carbons (Fsp3) is 0.750. The molecule has 0 bridgehead atoms. The van der Waals surface area contributed by atoms with Crippen LogP contribution < -0.4 is 0 Å². The van der Waals surface area contributed by atoms with Crippen LogP contribution in [0.2, 0.25) is 18.1 Å². The third-order valence-electron chi connectivity index (χ3n) is 2.93. The molecule has 0 N–H and O–H groups in total. The molecule has 0 aliphatic carbocycles. The Balaban J connectivity index is 5.02. The van der Waals surface area contributed by atoms with Gasteiger partial charge in [0.1, 0.15) is 5.94 Å². The van der Waals surface area contributed by atoms with Gasteiger partial charge < -0.3 is 0 Å². The summed E-state index contributed by atoms with van der Waals surface area (Å²) in [6.07, 6.45) is 0. The Morgan fingerprint density at radius 3 is 1.69 bits per heavy atom. The summed E-state index contributed by atoms with van der Waals surface area (Å²) in [5.41, 5.74) is 0. The Morgan fingerprint density at radius 1 is 1.23 bits per heavy atom. The molecule has 5 heteroatoms. The molecule has 0 aromatic carbocycles. The molecule has 0 unspecified atom stereocenters. The van der Waals surface area contributed by atoms with Gasteiger partial charge in [-0.15, -0.1) is 31.5 Å². The zero-order valence-corrected chi connectivity index (χ0v) is 12.5. The first kappa shape index (κ1) is 13.7. The highest BCUT2D eigenvalue weighted by Gasteiger charge is 2.36. The van der Waals surface area contributed by atoms with E-state index in [1.54, 1.807) is 0 Å². The van der Waals surface area contributed by atoms with Crippen LogP contribution in [0.25, 0.3) is 0 Å². The van der Waals surface area contributed by atoms with Gasteiger partial charge in [-0.3, -0.25) is 0 Å². The molecule has 0 radical (unpaired) electrons. The summed E-state index contributed by atoms with van der Waals surface area (Å²) in [4.78, 5) is 10.9. The van der Waals surface area contributed by atoms with Gasteiger partial charge in [0.2, 0.25) is 0 Å². The Kier molecular flexibility index (Phi) is 6.56. The number of carbonyl (C=O) groups excluding carboxylic acids is 1. The molecule has 0 aliphatic rings. The summed E-state index contributed by atoms with van der Waals surface area (Å²) in [6.45, 7) is 6.54. The lowest BCUT2D eigenvalue weighted by molar-refractivity contribution is 0.568. The van der Waals surface area contributed by atoms with Crippen molar-refractivity contribution in [1.29, 1.82) is 0 Å². The van der Waals surface area contributed by atoms with Gasteiger partial charge in [0.15, 0.2) is 0 Å². The fourth-order valence-electron chi connectivity index (χ4n) is 1.71. The van der Waals surface area contributed by atoms with E-state index in [4.69, 9.17) is 0 Å². The second-order valence-electron chi connectivity index (χ2n) is 3.16. The van der Waals surface area contributed by atoms with Crippen molar-refractivity contribution in [2.24, 2.45) is 0 Å². The van der Waals surface area contributed by atoms with Crippen LogP contribution in [0, 0.1) is 0 Å². The summed E-state index contributed by atoms with van der Waals surface area (Å²) in [5.74, 6) is 2.13. The molecule has 0 atom stereocenters. The van der Waals surface area contributed by atoms with Gasteiger partial charge in [-0.1, -0.05) is 38.9 Å². The first-order valence-corrected chi connectivity index (χ1v) is 9.06. The predicted octanol–water partition coefficient (Wildman–Crippen LogP) is 3.61. The lowest BCUT2D eigenvalue weighted by Gasteiger charge is -2.28. The molecular formula is C8H15BBr2OSi. The van der Waals surface area contributed by atoms with E-state index in [1.807, 2.05) is 0 Å². The summed E-state index contributed by atoms with van der Waals surface area (Å²) in [6, 6.07) is 3.37. The lowest BCUT2D eigenvalue weighted by atomic mass is 10.1. The first-order valence-electron chi connectivity index (χ1n) is 4.61. The SMILES string of the molecule is CC[Si](CC)(CC)C(=C=O)B(Br)Br. The first-order chi connectivity index (χ1) is 6.07. The van der Waals surface area contributed by atoms with Gasteiger partial charge in [-0.25, -0.2) is 4.79 Å². The second-order valence-corrected chi connectivity index (χ2v) is 11.4. The van der Waals surface area contributed by atoms with Crippen molar-refractivity contribution < 1.29 is 4.79 Å². The molecule has 0 aromatic heterocycles. The third kappa shape index (κ3) is 3.08. The van der Waals surface area contributed by atoms with Crippen molar-refractivity contribution in [1.82, 2.24) is 0 Å². The Labute approximate surface area is 98.4 Å². The largest absolute Gasteiger partial charge is 0.332 e. The molecule has 0 spiro atoms. The number of halogens is 2. The standard InChI is InChI=1S/C8H15BBr2OSi/c1-4-13(5-2,6-3)8(7-12)9(10)11/h4-6H2,1-3H3. The van der Waals surface area contributed by atoms with Crippen LogP contribution in [0.1, 0.15) is 20.8 Å². The molecular weight excluding hydrogens is 311 g/mol. The summed E-state index contributed by atoms with van der Waals surface area (Å²) in [7, 11) is -1.51. The highest BCUT2D eigenvalue weighted by atomic mass is 79.9. The molecule has 0 fully saturated rings.